The molecule has 0 atom stereocenters. The summed E-state index contributed by atoms with van der Waals surface area (Å²) in [6.07, 6.45) is 3.89. The maximum absolute atomic E-state index is 12.4. The number of hydrogen-bond acceptors (Lipinski definition) is 3. The third-order valence-electron chi connectivity index (χ3n) is 4.99. The van der Waals surface area contributed by atoms with Crippen LogP contribution in [0, 0.1) is 6.92 Å². The van der Waals surface area contributed by atoms with Crippen LogP contribution in [-0.2, 0) is 19.4 Å². The number of halogens is 2. The summed E-state index contributed by atoms with van der Waals surface area (Å²) in [6, 6.07) is 9.26. The molecule has 0 radical (unpaired) electrons. The summed E-state index contributed by atoms with van der Waals surface area (Å²) >= 11 is 12.1. The van der Waals surface area contributed by atoms with Crippen LogP contribution in [0.3, 0.4) is 0 Å². The standard InChI is InChI=1S/C21H18Cl2O3/c1-12-19(25-11-13-6-7-14(22)10-18(13)23)9-8-16-15-4-2-3-5-17(15)21(24)26-20(12)16/h6-10H,2-5,11H2,1H3. The van der Waals surface area contributed by atoms with Crippen LogP contribution >= 0.6 is 23.2 Å². The Balaban J connectivity index is 1.71. The van der Waals surface area contributed by atoms with Crippen LogP contribution in [-0.4, -0.2) is 0 Å². The minimum atomic E-state index is -0.215. The quantitative estimate of drug-likeness (QED) is 0.526. The zero-order valence-electron chi connectivity index (χ0n) is 14.4. The Labute approximate surface area is 161 Å². The van der Waals surface area contributed by atoms with Crippen molar-refractivity contribution in [2.24, 2.45) is 0 Å². The maximum atomic E-state index is 12.4. The van der Waals surface area contributed by atoms with Gasteiger partial charge >= 0.3 is 5.63 Å². The first-order valence-electron chi connectivity index (χ1n) is 8.69. The highest BCUT2D eigenvalue weighted by Crippen LogP contribution is 2.33. The van der Waals surface area contributed by atoms with Gasteiger partial charge in [-0.3, -0.25) is 0 Å². The number of hydrogen-bond donors (Lipinski definition) is 0. The van der Waals surface area contributed by atoms with Gasteiger partial charge in [0.25, 0.3) is 0 Å². The molecule has 1 aliphatic rings. The first kappa shape index (κ1) is 17.4. The molecule has 1 aliphatic carbocycles. The zero-order chi connectivity index (χ0) is 18.3. The number of fused-ring (bicyclic) bond motifs is 3. The molecular weight excluding hydrogens is 371 g/mol. The Morgan fingerprint density at radius 3 is 2.62 bits per heavy atom. The van der Waals surface area contributed by atoms with E-state index in [-0.39, 0.29) is 5.63 Å². The first-order chi connectivity index (χ1) is 12.5. The van der Waals surface area contributed by atoms with Crippen LogP contribution < -0.4 is 10.4 Å². The molecule has 0 amide bonds. The Morgan fingerprint density at radius 2 is 1.85 bits per heavy atom. The normalized spacial score (nSPS) is 13.7. The van der Waals surface area contributed by atoms with Gasteiger partial charge in [0, 0.05) is 32.1 Å². The van der Waals surface area contributed by atoms with Crippen LogP contribution in [0.5, 0.6) is 5.75 Å². The van der Waals surface area contributed by atoms with Crippen LogP contribution in [0.4, 0.5) is 0 Å². The molecule has 134 valence electrons. The maximum Gasteiger partial charge on any atom is 0.339 e. The van der Waals surface area contributed by atoms with Crippen molar-refractivity contribution < 1.29 is 9.15 Å². The fourth-order valence-corrected chi connectivity index (χ4v) is 4.04. The highest BCUT2D eigenvalue weighted by atomic mass is 35.5. The van der Waals surface area contributed by atoms with E-state index in [1.54, 1.807) is 12.1 Å². The summed E-state index contributed by atoms with van der Waals surface area (Å²) in [5.74, 6) is 0.683. The Morgan fingerprint density at radius 1 is 1.08 bits per heavy atom. The lowest BCUT2D eigenvalue weighted by atomic mass is 9.90. The molecule has 0 saturated carbocycles. The van der Waals surface area contributed by atoms with E-state index in [9.17, 15) is 4.79 Å². The van der Waals surface area contributed by atoms with Crippen LogP contribution in [0.15, 0.2) is 39.5 Å². The smallest absolute Gasteiger partial charge is 0.339 e. The lowest BCUT2D eigenvalue weighted by Gasteiger charge is -2.18. The van der Waals surface area contributed by atoms with E-state index in [0.29, 0.717) is 28.0 Å². The molecule has 5 heteroatoms. The molecule has 3 nitrogen and oxygen atoms in total. The Kier molecular flexibility index (Phi) is 4.68. The fourth-order valence-electron chi connectivity index (χ4n) is 3.58. The average Bonchev–Trinajstić information content (AvgIpc) is 2.63. The second-order valence-electron chi connectivity index (χ2n) is 6.64. The molecule has 4 rings (SSSR count). The molecule has 26 heavy (non-hydrogen) atoms. The van der Waals surface area contributed by atoms with Gasteiger partial charge in [0.05, 0.1) is 0 Å². The van der Waals surface area contributed by atoms with Crippen molar-refractivity contribution in [3.63, 3.8) is 0 Å². The van der Waals surface area contributed by atoms with E-state index in [2.05, 4.69) is 0 Å². The summed E-state index contributed by atoms with van der Waals surface area (Å²) in [7, 11) is 0. The predicted octanol–water partition coefficient (Wildman–Crippen LogP) is 5.87. The summed E-state index contributed by atoms with van der Waals surface area (Å²) in [4.78, 5) is 12.4. The number of ether oxygens (including phenoxy) is 1. The molecule has 0 aliphatic heterocycles. The summed E-state index contributed by atoms with van der Waals surface area (Å²) < 4.78 is 11.6. The van der Waals surface area contributed by atoms with Crippen molar-refractivity contribution in [1.29, 1.82) is 0 Å². The van der Waals surface area contributed by atoms with E-state index in [4.69, 9.17) is 32.4 Å². The minimum absolute atomic E-state index is 0.215. The second-order valence-corrected chi connectivity index (χ2v) is 7.49. The molecular formula is C21H18Cl2O3. The molecule has 0 spiro atoms. The van der Waals surface area contributed by atoms with Gasteiger partial charge < -0.3 is 9.15 Å². The number of benzene rings is 2. The first-order valence-corrected chi connectivity index (χ1v) is 9.45. The molecule has 3 aromatic rings. The van der Waals surface area contributed by atoms with E-state index < -0.39 is 0 Å². The highest BCUT2D eigenvalue weighted by molar-refractivity contribution is 6.35. The summed E-state index contributed by atoms with van der Waals surface area (Å²) in [5.41, 5.74) is 4.06. The Hall–Kier alpha value is -1.97. The van der Waals surface area contributed by atoms with E-state index in [1.165, 1.54) is 0 Å². The molecule has 0 unspecified atom stereocenters. The number of aryl methyl sites for hydroxylation is 2. The highest BCUT2D eigenvalue weighted by Gasteiger charge is 2.20. The van der Waals surface area contributed by atoms with Crippen LogP contribution in [0.25, 0.3) is 11.0 Å². The molecule has 2 aromatic carbocycles. The van der Waals surface area contributed by atoms with E-state index >= 15 is 0 Å². The zero-order valence-corrected chi connectivity index (χ0v) is 15.9. The molecule has 1 aromatic heterocycles. The molecule has 1 heterocycles. The Bertz CT molecular complexity index is 1050. The van der Waals surface area contributed by atoms with Gasteiger partial charge in [0.1, 0.15) is 17.9 Å². The van der Waals surface area contributed by atoms with Crippen molar-refractivity contribution in [3.8, 4) is 5.75 Å². The molecule has 0 N–H and O–H groups in total. The van der Waals surface area contributed by atoms with Gasteiger partial charge in [-0.25, -0.2) is 4.79 Å². The van der Waals surface area contributed by atoms with Crippen molar-refractivity contribution in [2.45, 2.75) is 39.2 Å². The largest absolute Gasteiger partial charge is 0.488 e. The van der Waals surface area contributed by atoms with Gasteiger partial charge in [0.2, 0.25) is 0 Å². The lowest BCUT2D eigenvalue weighted by Crippen LogP contribution is -2.16. The number of rotatable bonds is 3. The van der Waals surface area contributed by atoms with Gasteiger partial charge in [-0.05, 0) is 62.4 Å². The van der Waals surface area contributed by atoms with Crippen LogP contribution in [0.2, 0.25) is 10.0 Å². The van der Waals surface area contributed by atoms with Crippen molar-refractivity contribution in [3.05, 3.63) is 73.1 Å². The van der Waals surface area contributed by atoms with Crippen LogP contribution in [0.1, 0.15) is 35.1 Å². The van der Waals surface area contributed by atoms with Gasteiger partial charge in [-0.1, -0.05) is 29.3 Å². The lowest BCUT2D eigenvalue weighted by molar-refractivity contribution is 0.304. The van der Waals surface area contributed by atoms with Gasteiger partial charge in [0.15, 0.2) is 0 Å². The monoisotopic (exact) mass is 388 g/mol. The average molecular weight is 389 g/mol. The topological polar surface area (TPSA) is 39.4 Å². The minimum Gasteiger partial charge on any atom is -0.488 e. The molecule has 0 saturated heterocycles. The third-order valence-corrected chi connectivity index (χ3v) is 5.58. The van der Waals surface area contributed by atoms with E-state index in [1.807, 2.05) is 25.1 Å². The fraction of sp³-hybridized carbons (Fsp3) is 0.286. The third kappa shape index (κ3) is 3.10. The molecule has 0 fully saturated rings. The second kappa shape index (κ2) is 6.98. The predicted molar refractivity (Wildman–Crippen MR) is 105 cm³/mol. The molecule has 0 bridgehead atoms. The van der Waals surface area contributed by atoms with Crippen molar-refractivity contribution >= 4 is 34.2 Å². The van der Waals surface area contributed by atoms with Crippen molar-refractivity contribution in [1.82, 2.24) is 0 Å². The summed E-state index contributed by atoms with van der Waals surface area (Å²) in [6.45, 7) is 2.23. The van der Waals surface area contributed by atoms with Gasteiger partial charge in [-0.15, -0.1) is 0 Å². The van der Waals surface area contributed by atoms with E-state index in [0.717, 1.165) is 53.3 Å². The summed E-state index contributed by atoms with van der Waals surface area (Å²) in [5, 5.41) is 2.18. The SMILES string of the molecule is Cc1c(OCc2ccc(Cl)cc2Cl)ccc2c3c(c(=O)oc12)CCCC3. The van der Waals surface area contributed by atoms with Gasteiger partial charge in [-0.2, -0.15) is 0 Å². The van der Waals surface area contributed by atoms with Crippen molar-refractivity contribution in [2.75, 3.05) is 0 Å².